The molecular weight excluding hydrogens is 307 g/mol. The van der Waals surface area contributed by atoms with Crippen LogP contribution in [-0.2, 0) is 9.31 Å². The van der Waals surface area contributed by atoms with Gasteiger partial charge in [0.1, 0.15) is 0 Å². The number of rotatable bonds is 6. The van der Waals surface area contributed by atoms with Gasteiger partial charge < -0.3 is 9.31 Å². The summed E-state index contributed by atoms with van der Waals surface area (Å²) in [5, 5.41) is 0. The molecule has 3 heteroatoms. The normalized spacial score (nSPS) is 23.7. The maximum Gasteiger partial charge on any atom is 0.495 e. The average Bonchev–Trinajstić information content (AvgIpc) is 2.70. The van der Waals surface area contributed by atoms with E-state index in [0.717, 1.165) is 23.4 Å². The first-order chi connectivity index (χ1) is 11.7. The van der Waals surface area contributed by atoms with Crippen molar-refractivity contribution in [3.8, 4) is 0 Å². The minimum absolute atomic E-state index is 0.351. The molecule has 1 saturated heterocycles. The molecule has 1 aliphatic heterocycles. The van der Waals surface area contributed by atoms with Crippen molar-refractivity contribution < 1.29 is 9.31 Å². The van der Waals surface area contributed by atoms with Gasteiger partial charge in [-0.25, -0.2) is 0 Å². The monoisotopic (exact) mass is 340 g/mol. The van der Waals surface area contributed by atoms with Crippen LogP contribution in [0.5, 0.6) is 0 Å². The Morgan fingerprint density at radius 2 is 1.80 bits per heavy atom. The van der Waals surface area contributed by atoms with Crippen LogP contribution in [0.2, 0.25) is 0 Å². The largest absolute Gasteiger partial charge is 0.495 e. The molecule has 1 aliphatic carbocycles. The van der Waals surface area contributed by atoms with Crippen LogP contribution in [0.15, 0.2) is 53.2 Å². The van der Waals surface area contributed by atoms with Crippen molar-refractivity contribution in [1.29, 1.82) is 0 Å². The van der Waals surface area contributed by atoms with Crippen molar-refractivity contribution in [2.75, 3.05) is 0 Å². The molecule has 0 N–H and O–H groups in total. The second-order valence-electron chi connectivity index (χ2n) is 8.27. The van der Waals surface area contributed by atoms with Crippen LogP contribution in [-0.4, -0.2) is 18.3 Å². The van der Waals surface area contributed by atoms with E-state index in [1.165, 1.54) is 24.8 Å². The van der Waals surface area contributed by atoms with Crippen LogP contribution >= 0.6 is 0 Å². The van der Waals surface area contributed by atoms with Crippen LogP contribution in [0, 0.1) is 5.92 Å². The third-order valence-corrected chi connectivity index (χ3v) is 5.66. The van der Waals surface area contributed by atoms with E-state index in [0.29, 0.717) is 0 Å². The zero-order valence-corrected chi connectivity index (χ0v) is 16.8. The average molecular weight is 340 g/mol. The van der Waals surface area contributed by atoms with Gasteiger partial charge in [0, 0.05) is 6.42 Å². The van der Waals surface area contributed by atoms with E-state index in [9.17, 15) is 0 Å². The van der Waals surface area contributed by atoms with Gasteiger partial charge >= 0.3 is 7.12 Å². The molecule has 0 atom stereocenters. The summed E-state index contributed by atoms with van der Waals surface area (Å²) in [6.45, 7) is 16.5. The third kappa shape index (κ3) is 4.67. The molecule has 0 aromatic heterocycles. The summed E-state index contributed by atoms with van der Waals surface area (Å²) in [6.07, 6.45) is 13.4. The molecule has 0 spiro atoms. The maximum atomic E-state index is 6.27. The lowest BCUT2D eigenvalue weighted by Crippen LogP contribution is -2.41. The van der Waals surface area contributed by atoms with Gasteiger partial charge in [0.15, 0.2) is 0 Å². The van der Waals surface area contributed by atoms with Crippen molar-refractivity contribution in [1.82, 2.24) is 0 Å². The Bertz CT molecular complexity index is 610. The Hall–Kier alpha value is -1.28. The summed E-state index contributed by atoms with van der Waals surface area (Å²) in [7, 11) is -0.387. The molecule has 1 saturated carbocycles. The topological polar surface area (TPSA) is 18.5 Å². The lowest BCUT2D eigenvalue weighted by Gasteiger charge is -2.32. The summed E-state index contributed by atoms with van der Waals surface area (Å²) in [5.74, 6) is 0.755. The molecule has 2 aliphatic rings. The van der Waals surface area contributed by atoms with Crippen molar-refractivity contribution in [3.05, 3.63) is 53.2 Å². The van der Waals surface area contributed by atoms with Gasteiger partial charge in [0.05, 0.1) is 11.2 Å². The van der Waals surface area contributed by atoms with Gasteiger partial charge in [0.2, 0.25) is 0 Å². The third-order valence-electron chi connectivity index (χ3n) is 5.66. The van der Waals surface area contributed by atoms with Gasteiger partial charge in [0.25, 0.3) is 0 Å². The van der Waals surface area contributed by atoms with Crippen LogP contribution in [0.1, 0.15) is 67.2 Å². The maximum absolute atomic E-state index is 6.27. The molecular formula is C22H33BO2. The van der Waals surface area contributed by atoms with E-state index < -0.39 is 0 Å². The first-order valence-corrected chi connectivity index (χ1v) is 9.45. The second kappa shape index (κ2) is 7.95. The van der Waals surface area contributed by atoms with E-state index in [1.807, 2.05) is 19.1 Å². The first-order valence-electron chi connectivity index (χ1n) is 9.45. The Morgan fingerprint density at radius 3 is 2.24 bits per heavy atom. The minimum atomic E-state index is -0.387. The Morgan fingerprint density at radius 1 is 1.20 bits per heavy atom. The van der Waals surface area contributed by atoms with Crippen molar-refractivity contribution >= 4 is 7.12 Å². The standard InChI is InChI=1S/C22H33BO2/c1-8-10-14-20(23-24-21(4,5)22(6,7)25-23)19(9-2)16-17(3)15-18-12-11-13-18/h8,10,14-15,18H,2,11-13,16H2,1,3-7H3/b10-8-,17-15+,20-14+. The fourth-order valence-electron chi connectivity index (χ4n) is 3.10. The fourth-order valence-corrected chi connectivity index (χ4v) is 3.10. The van der Waals surface area contributed by atoms with Crippen molar-refractivity contribution in [2.45, 2.75) is 78.4 Å². The van der Waals surface area contributed by atoms with E-state index >= 15 is 0 Å². The highest BCUT2D eigenvalue weighted by atomic mass is 16.7. The fraction of sp³-hybridized carbons (Fsp3) is 0.591. The van der Waals surface area contributed by atoms with Crippen LogP contribution in [0.25, 0.3) is 0 Å². The van der Waals surface area contributed by atoms with Gasteiger partial charge in [-0.1, -0.05) is 42.9 Å². The van der Waals surface area contributed by atoms with Gasteiger partial charge in [-0.2, -0.15) is 0 Å². The van der Waals surface area contributed by atoms with Crippen LogP contribution in [0.3, 0.4) is 0 Å². The number of hydrogen-bond acceptors (Lipinski definition) is 2. The molecule has 2 rings (SSSR count). The number of allylic oxidation sites excluding steroid dienone is 7. The van der Waals surface area contributed by atoms with E-state index in [-0.39, 0.29) is 18.3 Å². The van der Waals surface area contributed by atoms with Gasteiger partial charge in [-0.05, 0) is 71.3 Å². The summed E-state index contributed by atoms with van der Waals surface area (Å²) in [5.41, 5.74) is 5.90. The summed E-state index contributed by atoms with van der Waals surface area (Å²) in [6, 6.07) is 0. The highest BCUT2D eigenvalue weighted by molar-refractivity contribution is 6.56. The summed E-state index contributed by atoms with van der Waals surface area (Å²) >= 11 is 0. The lowest BCUT2D eigenvalue weighted by atomic mass is 9.72. The van der Waals surface area contributed by atoms with E-state index in [1.54, 1.807) is 0 Å². The zero-order valence-electron chi connectivity index (χ0n) is 16.8. The van der Waals surface area contributed by atoms with Gasteiger partial charge in [-0.15, -0.1) is 5.73 Å². The molecule has 25 heavy (non-hydrogen) atoms. The predicted octanol–water partition coefficient (Wildman–Crippen LogP) is 5.97. The van der Waals surface area contributed by atoms with E-state index in [4.69, 9.17) is 9.31 Å². The summed E-state index contributed by atoms with van der Waals surface area (Å²) in [4.78, 5) is 0. The molecule has 0 bridgehead atoms. The molecule has 1 heterocycles. The minimum Gasteiger partial charge on any atom is -0.399 e. The highest BCUT2D eigenvalue weighted by Gasteiger charge is 2.52. The SMILES string of the molecule is C=C=C(C/C(C)=C/C1CCC1)/C(=C\C=C/C)B1OC(C)(C)C(C)(C)O1. The smallest absolute Gasteiger partial charge is 0.399 e. The molecule has 0 aromatic rings. The van der Waals surface area contributed by atoms with E-state index in [2.05, 4.69) is 59.1 Å². The van der Waals surface area contributed by atoms with Crippen molar-refractivity contribution in [3.63, 3.8) is 0 Å². The molecule has 136 valence electrons. The highest BCUT2D eigenvalue weighted by Crippen LogP contribution is 2.40. The quantitative estimate of drug-likeness (QED) is 0.257. The Kier molecular flexibility index (Phi) is 6.38. The molecule has 0 unspecified atom stereocenters. The second-order valence-corrected chi connectivity index (χ2v) is 8.27. The zero-order chi connectivity index (χ0) is 18.7. The van der Waals surface area contributed by atoms with Crippen molar-refractivity contribution in [2.24, 2.45) is 5.92 Å². The lowest BCUT2D eigenvalue weighted by molar-refractivity contribution is 0.00578. The molecule has 0 radical (unpaired) electrons. The molecule has 0 aromatic carbocycles. The molecule has 2 nitrogen and oxygen atoms in total. The van der Waals surface area contributed by atoms with Gasteiger partial charge in [-0.3, -0.25) is 0 Å². The number of hydrogen-bond donors (Lipinski definition) is 0. The molecule has 2 fully saturated rings. The first kappa shape index (κ1) is 20.0. The van der Waals surface area contributed by atoms with Crippen LogP contribution < -0.4 is 0 Å². The Labute approximate surface area is 154 Å². The predicted molar refractivity (Wildman–Crippen MR) is 107 cm³/mol. The Balaban J connectivity index is 2.24. The molecule has 0 amide bonds. The summed E-state index contributed by atoms with van der Waals surface area (Å²) < 4.78 is 12.5. The van der Waals surface area contributed by atoms with Crippen LogP contribution in [0.4, 0.5) is 0 Å².